The van der Waals surface area contributed by atoms with Gasteiger partial charge in [0.2, 0.25) is 0 Å². The highest BCUT2D eigenvalue weighted by Gasteiger charge is 2.40. The number of halogens is 3. The van der Waals surface area contributed by atoms with E-state index in [2.05, 4.69) is 17.1 Å². The molecule has 3 saturated heterocycles. The van der Waals surface area contributed by atoms with Gasteiger partial charge < -0.3 is 10.6 Å². The molecule has 9 heteroatoms. The lowest BCUT2D eigenvalue weighted by Gasteiger charge is -2.49. The van der Waals surface area contributed by atoms with E-state index in [1.54, 1.807) is 18.2 Å². The number of benzene rings is 1. The molecular formula is C21H22F3N3O2S. The second-order valence-corrected chi connectivity index (χ2v) is 8.89. The third-order valence-corrected chi connectivity index (χ3v) is 7.12. The Hall–Kier alpha value is -2.39. The van der Waals surface area contributed by atoms with Crippen molar-refractivity contribution in [2.75, 3.05) is 18.4 Å². The fourth-order valence-corrected chi connectivity index (χ4v) is 5.22. The quantitative estimate of drug-likeness (QED) is 0.756. The Kier molecular flexibility index (Phi) is 5.59. The first kappa shape index (κ1) is 20.9. The predicted octanol–water partition coefficient (Wildman–Crippen LogP) is 4.13. The van der Waals surface area contributed by atoms with Crippen molar-refractivity contribution in [2.45, 2.75) is 38.0 Å². The standard InChI is InChI=1S/C21H22F3N3O2S/c1-12-18(14-8-10-27(12)11-9-14)26-19(28)17-7-6-16(30-17)13-2-4-15(5-3-13)25-20(29)21(22,23)24/h2-7,12,14,18H,8-11H2,1H3,(H,25,29)(H,26,28). The van der Waals surface area contributed by atoms with Gasteiger partial charge in [-0.25, -0.2) is 0 Å². The Morgan fingerprint density at radius 1 is 1.07 bits per heavy atom. The number of nitrogens with zero attached hydrogens (tertiary/aromatic N) is 1. The molecule has 0 aliphatic carbocycles. The normalized spacial score (nSPS) is 25.7. The summed E-state index contributed by atoms with van der Waals surface area (Å²) in [6.07, 6.45) is -2.70. The summed E-state index contributed by atoms with van der Waals surface area (Å²) in [7, 11) is 0. The Labute approximate surface area is 176 Å². The van der Waals surface area contributed by atoms with Crippen LogP contribution in [0, 0.1) is 5.92 Å². The topological polar surface area (TPSA) is 61.4 Å². The number of piperidine rings is 3. The monoisotopic (exact) mass is 437 g/mol. The van der Waals surface area contributed by atoms with Crippen LogP contribution >= 0.6 is 11.3 Å². The second kappa shape index (κ2) is 8.03. The maximum atomic E-state index is 12.8. The van der Waals surface area contributed by atoms with E-state index >= 15 is 0 Å². The highest BCUT2D eigenvalue weighted by molar-refractivity contribution is 7.17. The lowest BCUT2D eigenvalue weighted by molar-refractivity contribution is -0.167. The van der Waals surface area contributed by atoms with Crippen molar-refractivity contribution in [3.63, 3.8) is 0 Å². The Balaban J connectivity index is 1.41. The molecule has 3 aliphatic heterocycles. The van der Waals surface area contributed by atoms with Crippen LogP contribution in [-0.4, -0.2) is 48.1 Å². The van der Waals surface area contributed by atoms with E-state index in [0.29, 0.717) is 16.8 Å². The molecule has 5 rings (SSSR count). The molecule has 2 atom stereocenters. The predicted molar refractivity (Wildman–Crippen MR) is 109 cm³/mol. The Morgan fingerprint density at radius 3 is 2.33 bits per heavy atom. The van der Waals surface area contributed by atoms with Crippen LogP contribution in [-0.2, 0) is 4.79 Å². The average Bonchev–Trinajstić information content (AvgIpc) is 3.21. The molecule has 2 unspecified atom stereocenters. The van der Waals surface area contributed by atoms with Crippen molar-refractivity contribution in [3.05, 3.63) is 41.3 Å². The number of nitrogens with one attached hydrogen (secondary N) is 2. The van der Waals surface area contributed by atoms with E-state index in [-0.39, 0.29) is 17.6 Å². The molecule has 2 bridgehead atoms. The van der Waals surface area contributed by atoms with Gasteiger partial charge in [0.05, 0.1) is 4.88 Å². The number of thiophene rings is 1. The number of carbonyl (C=O) groups is 2. The number of hydrogen-bond acceptors (Lipinski definition) is 4. The molecule has 2 amide bonds. The molecule has 30 heavy (non-hydrogen) atoms. The summed E-state index contributed by atoms with van der Waals surface area (Å²) < 4.78 is 37.0. The summed E-state index contributed by atoms with van der Waals surface area (Å²) in [5, 5.41) is 5.02. The minimum absolute atomic E-state index is 0.0620. The fourth-order valence-electron chi connectivity index (χ4n) is 4.30. The molecule has 0 spiro atoms. The van der Waals surface area contributed by atoms with Crippen molar-refractivity contribution in [1.29, 1.82) is 0 Å². The van der Waals surface area contributed by atoms with Gasteiger partial charge in [0.1, 0.15) is 0 Å². The van der Waals surface area contributed by atoms with Crippen LogP contribution in [0.15, 0.2) is 36.4 Å². The third-order valence-electron chi connectivity index (χ3n) is 5.99. The van der Waals surface area contributed by atoms with Gasteiger partial charge in [0.25, 0.3) is 5.91 Å². The minimum Gasteiger partial charge on any atom is -0.347 e. The molecule has 2 aromatic rings. The highest BCUT2D eigenvalue weighted by Crippen LogP contribution is 2.33. The van der Waals surface area contributed by atoms with Crippen LogP contribution in [0.1, 0.15) is 29.4 Å². The lowest BCUT2D eigenvalue weighted by Crippen LogP contribution is -2.62. The van der Waals surface area contributed by atoms with Gasteiger partial charge in [-0.3, -0.25) is 14.5 Å². The molecule has 160 valence electrons. The zero-order valence-electron chi connectivity index (χ0n) is 16.3. The molecular weight excluding hydrogens is 415 g/mol. The number of anilines is 1. The van der Waals surface area contributed by atoms with E-state index in [0.717, 1.165) is 36.4 Å². The lowest BCUT2D eigenvalue weighted by atomic mass is 9.79. The first-order chi connectivity index (χ1) is 14.2. The number of carbonyl (C=O) groups excluding carboxylic acids is 2. The van der Waals surface area contributed by atoms with Gasteiger partial charge in [-0.05, 0) is 68.6 Å². The van der Waals surface area contributed by atoms with Crippen molar-refractivity contribution in [1.82, 2.24) is 10.2 Å². The van der Waals surface area contributed by atoms with E-state index in [9.17, 15) is 22.8 Å². The Bertz CT molecular complexity index is 932. The average molecular weight is 437 g/mol. The molecule has 1 aromatic carbocycles. The molecule has 5 nitrogen and oxygen atoms in total. The van der Waals surface area contributed by atoms with Gasteiger partial charge in [0, 0.05) is 22.6 Å². The number of alkyl halides is 3. The van der Waals surface area contributed by atoms with E-state index in [1.807, 2.05) is 11.4 Å². The number of amides is 2. The summed E-state index contributed by atoms with van der Waals surface area (Å²) in [6.45, 7) is 4.36. The van der Waals surface area contributed by atoms with Gasteiger partial charge in [-0.2, -0.15) is 13.2 Å². The van der Waals surface area contributed by atoms with Crippen LogP contribution in [0.3, 0.4) is 0 Å². The van der Waals surface area contributed by atoms with Crippen LogP contribution in [0.2, 0.25) is 0 Å². The zero-order chi connectivity index (χ0) is 21.5. The third kappa shape index (κ3) is 4.22. The summed E-state index contributed by atoms with van der Waals surface area (Å²) in [5.41, 5.74) is 0.826. The molecule has 2 N–H and O–H groups in total. The van der Waals surface area contributed by atoms with Crippen molar-refractivity contribution in [2.24, 2.45) is 5.92 Å². The van der Waals surface area contributed by atoms with Gasteiger partial charge >= 0.3 is 12.1 Å². The minimum atomic E-state index is -4.93. The SMILES string of the molecule is CC1C(NC(=O)c2ccc(-c3ccc(NC(=O)C(F)(F)F)cc3)s2)C2CCN1CC2. The largest absolute Gasteiger partial charge is 0.471 e. The van der Waals surface area contributed by atoms with Crippen molar-refractivity contribution < 1.29 is 22.8 Å². The molecule has 1 aromatic heterocycles. The van der Waals surface area contributed by atoms with Gasteiger partial charge in [-0.1, -0.05) is 12.1 Å². The van der Waals surface area contributed by atoms with Crippen LogP contribution in [0.5, 0.6) is 0 Å². The molecule has 4 heterocycles. The summed E-state index contributed by atoms with van der Waals surface area (Å²) >= 11 is 1.33. The summed E-state index contributed by atoms with van der Waals surface area (Å²) in [6, 6.07) is 10.1. The van der Waals surface area contributed by atoms with E-state index < -0.39 is 12.1 Å². The molecule has 0 saturated carbocycles. The van der Waals surface area contributed by atoms with E-state index in [4.69, 9.17) is 0 Å². The van der Waals surface area contributed by atoms with Crippen LogP contribution in [0.4, 0.5) is 18.9 Å². The van der Waals surface area contributed by atoms with Crippen LogP contribution in [0.25, 0.3) is 10.4 Å². The highest BCUT2D eigenvalue weighted by atomic mass is 32.1. The molecule has 3 aliphatic rings. The number of hydrogen-bond donors (Lipinski definition) is 2. The maximum absolute atomic E-state index is 12.8. The van der Waals surface area contributed by atoms with Crippen LogP contribution < -0.4 is 10.6 Å². The molecule has 3 fully saturated rings. The summed E-state index contributed by atoms with van der Waals surface area (Å²) in [4.78, 5) is 27.6. The zero-order valence-corrected chi connectivity index (χ0v) is 17.1. The molecule has 0 radical (unpaired) electrons. The number of fused-ring (bicyclic) bond motifs is 3. The first-order valence-corrected chi connectivity index (χ1v) is 10.7. The van der Waals surface area contributed by atoms with Gasteiger partial charge in [-0.15, -0.1) is 11.3 Å². The van der Waals surface area contributed by atoms with Crippen molar-refractivity contribution in [3.8, 4) is 10.4 Å². The Morgan fingerprint density at radius 2 is 1.73 bits per heavy atom. The van der Waals surface area contributed by atoms with E-state index in [1.165, 1.54) is 23.5 Å². The second-order valence-electron chi connectivity index (χ2n) is 7.81. The maximum Gasteiger partial charge on any atom is 0.471 e. The summed E-state index contributed by atoms with van der Waals surface area (Å²) in [5.74, 6) is -1.58. The van der Waals surface area contributed by atoms with Crippen molar-refractivity contribution >= 4 is 28.8 Å². The smallest absolute Gasteiger partial charge is 0.347 e. The first-order valence-electron chi connectivity index (χ1n) is 9.86. The van der Waals surface area contributed by atoms with Gasteiger partial charge in [0.15, 0.2) is 0 Å². The fraction of sp³-hybridized carbons (Fsp3) is 0.429. The number of rotatable bonds is 4.